The Kier molecular flexibility index (Phi) is 7.06. The Hall–Kier alpha value is -2.74. The van der Waals surface area contributed by atoms with Crippen molar-refractivity contribution in [2.24, 2.45) is 0 Å². The summed E-state index contributed by atoms with van der Waals surface area (Å²) in [5, 5.41) is 5.31. The summed E-state index contributed by atoms with van der Waals surface area (Å²) in [6, 6.07) is 8.24. The first-order valence-electron chi connectivity index (χ1n) is 7.89. The number of hydrogen-bond acceptors (Lipinski definition) is 3. The minimum Gasteiger partial charge on any atom is -0.492 e. The van der Waals surface area contributed by atoms with Gasteiger partial charge in [-0.2, -0.15) is 13.2 Å². The van der Waals surface area contributed by atoms with E-state index in [1.165, 1.54) is 18.2 Å². The van der Waals surface area contributed by atoms with Crippen molar-refractivity contribution in [1.82, 2.24) is 5.32 Å². The molecule has 0 saturated heterocycles. The van der Waals surface area contributed by atoms with Crippen LogP contribution in [0.3, 0.4) is 0 Å². The van der Waals surface area contributed by atoms with E-state index in [1.54, 1.807) is 12.1 Å². The van der Waals surface area contributed by atoms with Crippen LogP contribution in [0.4, 0.5) is 23.7 Å². The number of amides is 2. The number of aldehydes is 1. The van der Waals surface area contributed by atoms with Gasteiger partial charge in [-0.1, -0.05) is 11.6 Å². The molecule has 2 amide bonds. The number of benzene rings is 2. The van der Waals surface area contributed by atoms with E-state index in [4.69, 9.17) is 16.3 Å². The topological polar surface area (TPSA) is 67.4 Å². The zero-order chi connectivity index (χ0) is 19.9. The molecule has 0 spiro atoms. The number of hydrogen-bond donors (Lipinski definition) is 2. The van der Waals surface area contributed by atoms with Crippen LogP contribution < -0.4 is 15.4 Å². The third kappa shape index (κ3) is 6.49. The lowest BCUT2D eigenvalue weighted by Crippen LogP contribution is -2.30. The highest BCUT2D eigenvalue weighted by molar-refractivity contribution is 6.32. The number of halogens is 4. The number of carbonyl (C=O) groups excluding carboxylic acids is 2. The summed E-state index contributed by atoms with van der Waals surface area (Å²) in [5.74, 6) is 0.427. The van der Waals surface area contributed by atoms with Gasteiger partial charge in [0, 0.05) is 17.8 Å². The van der Waals surface area contributed by atoms with E-state index in [1.807, 2.05) is 0 Å². The van der Waals surface area contributed by atoms with E-state index in [0.29, 0.717) is 29.0 Å². The molecule has 5 nitrogen and oxygen atoms in total. The van der Waals surface area contributed by atoms with Gasteiger partial charge in [-0.3, -0.25) is 4.79 Å². The van der Waals surface area contributed by atoms with Gasteiger partial charge in [0.1, 0.15) is 12.0 Å². The highest BCUT2D eigenvalue weighted by atomic mass is 35.5. The lowest BCUT2D eigenvalue weighted by atomic mass is 10.2. The van der Waals surface area contributed by atoms with Crippen LogP contribution in [0.15, 0.2) is 42.5 Å². The van der Waals surface area contributed by atoms with Gasteiger partial charge in [-0.25, -0.2) is 4.79 Å². The number of carbonyl (C=O) groups is 2. The van der Waals surface area contributed by atoms with Gasteiger partial charge in [-0.05, 0) is 48.9 Å². The largest absolute Gasteiger partial charge is 0.492 e. The molecule has 2 rings (SSSR count). The molecule has 0 fully saturated rings. The lowest BCUT2D eigenvalue weighted by molar-refractivity contribution is -0.137. The molecule has 0 bridgehead atoms. The number of urea groups is 1. The molecule has 0 unspecified atom stereocenters. The predicted molar refractivity (Wildman–Crippen MR) is 95.4 cm³/mol. The first-order chi connectivity index (χ1) is 12.8. The number of alkyl halides is 3. The van der Waals surface area contributed by atoms with Gasteiger partial charge in [0.25, 0.3) is 0 Å². The number of nitrogens with one attached hydrogen (secondary N) is 2. The molecule has 2 N–H and O–H groups in total. The van der Waals surface area contributed by atoms with Crippen molar-refractivity contribution in [3.8, 4) is 5.75 Å². The minimum absolute atomic E-state index is 0.249. The van der Waals surface area contributed by atoms with Crippen molar-refractivity contribution in [3.63, 3.8) is 0 Å². The predicted octanol–water partition coefficient (Wildman–Crippen LogP) is 4.76. The first kappa shape index (κ1) is 20.6. The van der Waals surface area contributed by atoms with Crippen molar-refractivity contribution < 1.29 is 27.5 Å². The van der Waals surface area contributed by atoms with Crippen LogP contribution in [0.1, 0.15) is 22.3 Å². The third-order valence-electron chi connectivity index (χ3n) is 3.43. The average molecular weight is 401 g/mol. The number of rotatable bonds is 7. The molecular formula is C18H16ClF3N2O3. The average Bonchev–Trinajstić information content (AvgIpc) is 2.62. The lowest BCUT2D eigenvalue weighted by Gasteiger charge is -2.11. The Balaban J connectivity index is 1.70. The van der Waals surface area contributed by atoms with E-state index in [9.17, 15) is 22.8 Å². The van der Waals surface area contributed by atoms with Gasteiger partial charge in [0.15, 0.2) is 0 Å². The van der Waals surface area contributed by atoms with E-state index in [-0.39, 0.29) is 18.8 Å². The molecule has 2 aromatic rings. The number of anilines is 1. The minimum atomic E-state index is -4.42. The molecule has 2 aromatic carbocycles. The highest BCUT2D eigenvalue weighted by Gasteiger charge is 2.29. The van der Waals surface area contributed by atoms with E-state index in [0.717, 1.165) is 12.1 Å². The molecule has 0 aromatic heterocycles. The second-order valence-corrected chi connectivity index (χ2v) is 5.87. The van der Waals surface area contributed by atoms with Crippen molar-refractivity contribution >= 4 is 29.6 Å². The fourth-order valence-electron chi connectivity index (χ4n) is 2.08. The summed E-state index contributed by atoms with van der Waals surface area (Å²) >= 11 is 5.97. The first-order valence-corrected chi connectivity index (χ1v) is 8.27. The standard InChI is InChI=1S/C18H16ClF3N2O3/c19-15-10-12(11-25)2-7-16(15)27-9-1-8-23-17(26)24-14-5-3-13(4-6-14)18(20,21)22/h2-7,10-11H,1,8-9H2,(H2,23,24,26). The molecule has 0 heterocycles. The molecule has 9 heteroatoms. The monoisotopic (exact) mass is 400 g/mol. The fourth-order valence-corrected chi connectivity index (χ4v) is 2.33. The summed E-state index contributed by atoms with van der Waals surface area (Å²) in [6.45, 7) is 0.567. The smallest absolute Gasteiger partial charge is 0.416 e. The van der Waals surface area contributed by atoms with Gasteiger partial charge < -0.3 is 15.4 Å². The maximum absolute atomic E-state index is 12.5. The third-order valence-corrected chi connectivity index (χ3v) is 3.72. The molecule has 144 valence electrons. The van der Waals surface area contributed by atoms with Crippen LogP contribution in [-0.2, 0) is 6.18 Å². The maximum Gasteiger partial charge on any atom is 0.416 e. The zero-order valence-corrected chi connectivity index (χ0v) is 14.7. The van der Waals surface area contributed by atoms with Crippen LogP contribution in [0.2, 0.25) is 5.02 Å². The van der Waals surface area contributed by atoms with Crippen LogP contribution in [0, 0.1) is 0 Å². The molecule has 0 aliphatic rings. The second-order valence-electron chi connectivity index (χ2n) is 5.47. The van der Waals surface area contributed by atoms with Crippen molar-refractivity contribution in [2.45, 2.75) is 12.6 Å². The molecule has 0 radical (unpaired) electrons. The molecular weight excluding hydrogens is 385 g/mol. The fraction of sp³-hybridized carbons (Fsp3) is 0.222. The molecule has 0 saturated carbocycles. The SMILES string of the molecule is O=Cc1ccc(OCCCNC(=O)Nc2ccc(C(F)(F)F)cc2)c(Cl)c1. The number of ether oxygens (including phenoxy) is 1. The van der Waals surface area contributed by atoms with E-state index < -0.39 is 17.8 Å². The Morgan fingerprint density at radius 1 is 1.15 bits per heavy atom. The Morgan fingerprint density at radius 3 is 2.44 bits per heavy atom. The quantitative estimate of drug-likeness (QED) is 0.520. The molecule has 0 atom stereocenters. The van der Waals surface area contributed by atoms with Crippen LogP contribution in [0.25, 0.3) is 0 Å². The van der Waals surface area contributed by atoms with Gasteiger partial charge in [-0.15, -0.1) is 0 Å². The van der Waals surface area contributed by atoms with E-state index >= 15 is 0 Å². The highest BCUT2D eigenvalue weighted by Crippen LogP contribution is 2.29. The Bertz CT molecular complexity index is 795. The summed E-state index contributed by atoms with van der Waals surface area (Å²) in [6.07, 6.45) is -3.27. The summed E-state index contributed by atoms with van der Waals surface area (Å²) in [7, 11) is 0. The molecule has 0 aliphatic carbocycles. The van der Waals surface area contributed by atoms with Crippen molar-refractivity contribution in [1.29, 1.82) is 0 Å². The molecule has 0 aliphatic heterocycles. The Labute approximate surface area is 158 Å². The maximum atomic E-state index is 12.5. The van der Waals surface area contributed by atoms with Gasteiger partial charge in [0.2, 0.25) is 0 Å². The van der Waals surface area contributed by atoms with Crippen LogP contribution >= 0.6 is 11.6 Å². The Morgan fingerprint density at radius 2 is 1.85 bits per heavy atom. The van der Waals surface area contributed by atoms with Crippen LogP contribution in [0.5, 0.6) is 5.75 Å². The zero-order valence-electron chi connectivity index (χ0n) is 14.0. The molecule has 27 heavy (non-hydrogen) atoms. The second kappa shape index (κ2) is 9.27. The summed E-state index contributed by atoms with van der Waals surface area (Å²) in [4.78, 5) is 22.3. The van der Waals surface area contributed by atoms with Crippen LogP contribution in [-0.4, -0.2) is 25.5 Å². The van der Waals surface area contributed by atoms with Crippen molar-refractivity contribution in [3.05, 3.63) is 58.6 Å². The summed E-state index contributed by atoms with van der Waals surface area (Å²) in [5.41, 5.74) is -0.0989. The van der Waals surface area contributed by atoms with Crippen molar-refractivity contribution in [2.75, 3.05) is 18.5 Å². The van der Waals surface area contributed by atoms with E-state index in [2.05, 4.69) is 10.6 Å². The summed E-state index contributed by atoms with van der Waals surface area (Å²) < 4.78 is 42.9. The normalized spacial score (nSPS) is 11.0. The van der Waals surface area contributed by atoms with Gasteiger partial charge >= 0.3 is 12.2 Å². The van der Waals surface area contributed by atoms with Gasteiger partial charge in [0.05, 0.1) is 17.2 Å².